The lowest BCUT2D eigenvalue weighted by Crippen LogP contribution is -2.38. The van der Waals surface area contributed by atoms with Crippen LogP contribution in [-0.4, -0.2) is 29.6 Å². The molecule has 4 nitrogen and oxygen atoms in total. The fourth-order valence-corrected chi connectivity index (χ4v) is 2.54. The van der Waals surface area contributed by atoms with E-state index >= 15 is 0 Å². The molecule has 2 N–H and O–H groups in total. The second-order valence-corrected chi connectivity index (χ2v) is 4.74. The third kappa shape index (κ3) is 2.28. The van der Waals surface area contributed by atoms with Crippen molar-refractivity contribution in [2.45, 2.75) is 25.3 Å². The van der Waals surface area contributed by atoms with E-state index in [2.05, 4.69) is 14.9 Å². The lowest BCUT2D eigenvalue weighted by Gasteiger charge is -2.28. The third-order valence-electron chi connectivity index (χ3n) is 3.34. The number of nitrogens with zero attached hydrogens (tertiary/aromatic N) is 3. The van der Waals surface area contributed by atoms with Crippen LogP contribution in [-0.2, 0) is 0 Å². The summed E-state index contributed by atoms with van der Waals surface area (Å²) in [4.78, 5) is 10.6. The molecule has 0 amide bonds. The summed E-state index contributed by atoms with van der Waals surface area (Å²) < 4.78 is 0. The lowest BCUT2D eigenvalue weighted by molar-refractivity contribution is 0.469. The largest absolute Gasteiger partial charge is 0.341 e. The summed E-state index contributed by atoms with van der Waals surface area (Å²) in [5.74, 6) is 1.29. The summed E-state index contributed by atoms with van der Waals surface area (Å²) in [5.41, 5.74) is 5.78. The normalized spacial score (nSPS) is 24.7. The maximum Gasteiger partial charge on any atom is 0.225 e. The van der Waals surface area contributed by atoms with E-state index in [9.17, 15) is 0 Å². The summed E-state index contributed by atoms with van der Waals surface area (Å²) in [7, 11) is 2.03. The summed E-state index contributed by atoms with van der Waals surface area (Å²) >= 11 is 5.77. The van der Waals surface area contributed by atoms with Gasteiger partial charge in [-0.15, -0.1) is 0 Å². The molecule has 2 atom stereocenters. The topological polar surface area (TPSA) is 55.0 Å². The maximum atomic E-state index is 5.78. The smallest absolute Gasteiger partial charge is 0.225 e. The molecule has 2 unspecified atom stereocenters. The molecule has 16 heavy (non-hydrogen) atoms. The first-order chi connectivity index (χ1) is 7.72. The second-order valence-electron chi connectivity index (χ2n) is 4.31. The molecule has 0 aromatic carbocycles. The van der Waals surface area contributed by atoms with E-state index in [1.165, 1.54) is 19.3 Å². The lowest BCUT2D eigenvalue weighted by atomic mass is 10.0. The number of anilines is 1. The minimum absolute atomic E-state index is 0.464. The Bertz CT molecular complexity index is 340. The van der Waals surface area contributed by atoms with Crippen LogP contribution in [0.25, 0.3) is 0 Å². The number of nitrogens with two attached hydrogens (primary N) is 1. The van der Waals surface area contributed by atoms with Crippen molar-refractivity contribution in [3.05, 3.63) is 17.4 Å². The molecular weight excluding hydrogens is 224 g/mol. The Morgan fingerprint density at radius 2 is 2.12 bits per heavy atom. The van der Waals surface area contributed by atoms with Crippen LogP contribution in [0.5, 0.6) is 0 Å². The molecule has 1 heterocycles. The van der Waals surface area contributed by atoms with Gasteiger partial charge in [-0.2, -0.15) is 0 Å². The Morgan fingerprint density at radius 1 is 1.44 bits per heavy atom. The minimum Gasteiger partial charge on any atom is -0.341 e. The Balaban J connectivity index is 2.12. The quantitative estimate of drug-likeness (QED) is 0.874. The number of rotatable bonds is 3. The van der Waals surface area contributed by atoms with Crippen LogP contribution in [0.4, 0.5) is 5.95 Å². The van der Waals surface area contributed by atoms with E-state index in [0.717, 1.165) is 12.5 Å². The van der Waals surface area contributed by atoms with Crippen LogP contribution in [0.2, 0.25) is 5.02 Å². The molecule has 1 aliphatic carbocycles. The molecule has 1 fully saturated rings. The van der Waals surface area contributed by atoms with Gasteiger partial charge in [0.1, 0.15) is 0 Å². The Hall–Kier alpha value is -0.870. The molecule has 1 aromatic heterocycles. The highest BCUT2D eigenvalue weighted by Gasteiger charge is 2.30. The predicted molar refractivity (Wildman–Crippen MR) is 65.6 cm³/mol. The van der Waals surface area contributed by atoms with Gasteiger partial charge in [-0.25, -0.2) is 9.97 Å². The standard InChI is InChI=1S/C11H17ClN4/c1-16(10-4-2-3-8(10)5-13)11-14-6-9(12)7-15-11/h6-8,10H,2-5,13H2,1H3. The molecule has 0 spiro atoms. The first-order valence-corrected chi connectivity index (χ1v) is 6.00. The molecule has 1 aromatic rings. The zero-order chi connectivity index (χ0) is 11.5. The van der Waals surface area contributed by atoms with Crippen molar-refractivity contribution in [2.75, 3.05) is 18.5 Å². The van der Waals surface area contributed by atoms with E-state index in [4.69, 9.17) is 17.3 Å². The molecule has 0 saturated heterocycles. The van der Waals surface area contributed by atoms with Crippen LogP contribution in [0.15, 0.2) is 12.4 Å². The van der Waals surface area contributed by atoms with Crippen molar-refractivity contribution in [3.63, 3.8) is 0 Å². The first kappa shape index (κ1) is 11.6. The van der Waals surface area contributed by atoms with Crippen LogP contribution in [0.1, 0.15) is 19.3 Å². The monoisotopic (exact) mass is 240 g/mol. The van der Waals surface area contributed by atoms with Gasteiger partial charge in [0.25, 0.3) is 0 Å². The van der Waals surface area contributed by atoms with Crippen LogP contribution in [0, 0.1) is 5.92 Å². The van der Waals surface area contributed by atoms with E-state index in [0.29, 0.717) is 17.0 Å². The molecule has 1 aliphatic rings. The highest BCUT2D eigenvalue weighted by molar-refractivity contribution is 6.30. The van der Waals surface area contributed by atoms with Crippen molar-refractivity contribution in [2.24, 2.45) is 11.7 Å². The van der Waals surface area contributed by atoms with Gasteiger partial charge >= 0.3 is 0 Å². The first-order valence-electron chi connectivity index (χ1n) is 5.63. The minimum atomic E-state index is 0.464. The SMILES string of the molecule is CN(c1ncc(Cl)cn1)C1CCCC1CN. The van der Waals surface area contributed by atoms with E-state index in [1.54, 1.807) is 12.4 Å². The van der Waals surface area contributed by atoms with Gasteiger partial charge in [-0.05, 0) is 25.3 Å². The fraction of sp³-hybridized carbons (Fsp3) is 0.636. The molecule has 88 valence electrons. The van der Waals surface area contributed by atoms with Gasteiger partial charge in [0.15, 0.2) is 0 Å². The van der Waals surface area contributed by atoms with Gasteiger partial charge in [0.05, 0.1) is 17.4 Å². The fourth-order valence-electron chi connectivity index (χ4n) is 2.44. The van der Waals surface area contributed by atoms with E-state index in [1.807, 2.05) is 7.05 Å². The number of hydrogen-bond donors (Lipinski definition) is 1. The van der Waals surface area contributed by atoms with Crippen molar-refractivity contribution in [3.8, 4) is 0 Å². The van der Waals surface area contributed by atoms with Crippen LogP contribution < -0.4 is 10.6 Å². The summed E-state index contributed by atoms with van der Waals surface area (Å²) in [5, 5.41) is 0.568. The Labute approximate surface area is 101 Å². The van der Waals surface area contributed by atoms with Crippen molar-refractivity contribution in [1.29, 1.82) is 0 Å². The highest BCUT2D eigenvalue weighted by Crippen LogP contribution is 2.30. The van der Waals surface area contributed by atoms with Gasteiger partial charge in [-0.3, -0.25) is 0 Å². The maximum absolute atomic E-state index is 5.78. The predicted octanol–water partition coefficient (Wildman–Crippen LogP) is 1.69. The number of aromatic nitrogens is 2. The van der Waals surface area contributed by atoms with E-state index in [-0.39, 0.29) is 0 Å². The molecule has 0 bridgehead atoms. The summed E-state index contributed by atoms with van der Waals surface area (Å²) in [6, 6.07) is 0.464. The number of halogens is 1. The zero-order valence-electron chi connectivity index (χ0n) is 9.43. The van der Waals surface area contributed by atoms with Crippen molar-refractivity contribution < 1.29 is 0 Å². The summed E-state index contributed by atoms with van der Waals surface area (Å²) in [6.45, 7) is 0.739. The van der Waals surface area contributed by atoms with Gasteiger partial charge in [0.2, 0.25) is 5.95 Å². The summed E-state index contributed by atoms with van der Waals surface area (Å²) in [6.07, 6.45) is 6.88. The average molecular weight is 241 g/mol. The zero-order valence-corrected chi connectivity index (χ0v) is 10.2. The van der Waals surface area contributed by atoms with Crippen molar-refractivity contribution >= 4 is 17.5 Å². The molecule has 1 saturated carbocycles. The average Bonchev–Trinajstić information content (AvgIpc) is 2.77. The van der Waals surface area contributed by atoms with Gasteiger partial charge in [0, 0.05) is 13.1 Å². The molecule has 0 aliphatic heterocycles. The molecule has 2 rings (SSSR count). The van der Waals surface area contributed by atoms with E-state index < -0.39 is 0 Å². The van der Waals surface area contributed by atoms with Gasteiger partial charge < -0.3 is 10.6 Å². The van der Waals surface area contributed by atoms with Crippen molar-refractivity contribution in [1.82, 2.24) is 9.97 Å². The Morgan fingerprint density at radius 3 is 2.75 bits per heavy atom. The molecule has 5 heteroatoms. The number of hydrogen-bond acceptors (Lipinski definition) is 4. The molecular formula is C11H17ClN4. The van der Waals surface area contributed by atoms with Gasteiger partial charge in [-0.1, -0.05) is 18.0 Å². The molecule has 0 radical (unpaired) electrons. The Kier molecular flexibility index (Phi) is 3.61. The van der Waals surface area contributed by atoms with Crippen LogP contribution >= 0.6 is 11.6 Å². The van der Waals surface area contributed by atoms with Crippen LogP contribution in [0.3, 0.4) is 0 Å². The second kappa shape index (κ2) is 4.97. The third-order valence-corrected chi connectivity index (χ3v) is 3.54. The highest BCUT2D eigenvalue weighted by atomic mass is 35.5.